The molecule has 2 aromatic rings. The van der Waals surface area contributed by atoms with Crippen molar-refractivity contribution in [2.24, 2.45) is 0 Å². The van der Waals surface area contributed by atoms with E-state index in [-0.39, 0.29) is 6.13 Å². The number of hydrogen-bond donors (Lipinski definition) is 0. The highest BCUT2D eigenvalue weighted by molar-refractivity contribution is 7.08. The molecule has 0 radical (unpaired) electrons. The van der Waals surface area contributed by atoms with Crippen LogP contribution in [-0.2, 0) is 0 Å². The van der Waals surface area contributed by atoms with Crippen LogP contribution in [0.5, 0.6) is 0 Å². The van der Waals surface area contributed by atoms with Gasteiger partial charge in [0.15, 0.2) is 0 Å². The molecule has 0 bridgehead atoms. The normalized spacial score (nSPS) is 23.3. The summed E-state index contributed by atoms with van der Waals surface area (Å²) in [5.74, 6) is 0.996. The van der Waals surface area contributed by atoms with Gasteiger partial charge in [-0.15, -0.1) is 0 Å². The lowest BCUT2D eigenvalue weighted by atomic mass is 9.55. The van der Waals surface area contributed by atoms with Crippen LogP contribution in [-0.4, -0.2) is 6.13 Å². The molecule has 2 atom stereocenters. The van der Waals surface area contributed by atoms with Gasteiger partial charge in [0.2, 0.25) is 0 Å². The van der Waals surface area contributed by atoms with Crippen LogP contribution in [0.2, 0.25) is 0 Å². The van der Waals surface area contributed by atoms with Crippen LogP contribution in [0.15, 0.2) is 60.7 Å². The molecule has 18 heavy (non-hydrogen) atoms. The van der Waals surface area contributed by atoms with Crippen molar-refractivity contribution in [2.45, 2.75) is 24.5 Å². The van der Waals surface area contributed by atoms with Gasteiger partial charge >= 0.3 is 0 Å². The Morgan fingerprint density at radius 3 is 1.50 bits per heavy atom. The molecule has 0 unspecified atom stereocenters. The van der Waals surface area contributed by atoms with Crippen LogP contribution in [0.4, 0.5) is 0 Å². The van der Waals surface area contributed by atoms with Crippen LogP contribution in [0.25, 0.3) is 0 Å². The fourth-order valence-corrected chi connectivity index (χ4v) is 3.60. The average Bonchev–Trinajstić information content (AvgIpc) is 2.83. The van der Waals surface area contributed by atoms with Crippen molar-refractivity contribution in [3.8, 4) is 0 Å². The molecule has 1 aliphatic heterocycles. The predicted molar refractivity (Wildman–Crippen MR) is 79.2 cm³/mol. The maximum absolute atomic E-state index is 6.71. The summed E-state index contributed by atoms with van der Waals surface area (Å²) < 4.78 is 0. The SMILES string of the molecule is ClB1[C@@H](c2ccccc2)CC[C@@H]1c1ccccc1. The predicted octanol–water partition coefficient (Wildman–Crippen LogP) is 4.66. The molecular formula is C16H16BCl. The zero-order valence-corrected chi connectivity index (χ0v) is 11.1. The summed E-state index contributed by atoms with van der Waals surface area (Å²) in [6.07, 6.45) is 2.60. The first-order valence-electron chi connectivity index (χ1n) is 6.60. The Kier molecular flexibility index (Phi) is 3.42. The van der Waals surface area contributed by atoms with Crippen LogP contribution >= 0.6 is 11.5 Å². The zero-order chi connectivity index (χ0) is 12.4. The molecule has 0 N–H and O–H groups in total. The third-order valence-electron chi connectivity index (χ3n) is 4.01. The van der Waals surface area contributed by atoms with E-state index in [1.807, 2.05) is 0 Å². The number of hydrogen-bond acceptors (Lipinski definition) is 0. The lowest BCUT2D eigenvalue weighted by Gasteiger charge is -2.16. The maximum atomic E-state index is 6.71. The second kappa shape index (κ2) is 5.20. The molecule has 1 fully saturated rings. The van der Waals surface area contributed by atoms with E-state index in [1.54, 1.807) is 0 Å². The molecule has 0 saturated carbocycles. The maximum Gasteiger partial charge on any atom is 0.265 e. The Labute approximate surface area is 114 Å². The molecule has 0 aliphatic carbocycles. The Balaban J connectivity index is 1.83. The minimum absolute atomic E-state index is 0.217. The van der Waals surface area contributed by atoms with Crippen molar-refractivity contribution in [2.75, 3.05) is 0 Å². The van der Waals surface area contributed by atoms with E-state index < -0.39 is 0 Å². The highest BCUT2D eigenvalue weighted by atomic mass is 35.5. The Morgan fingerprint density at radius 1 is 0.722 bits per heavy atom. The van der Waals surface area contributed by atoms with Gasteiger partial charge in [-0.25, -0.2) is 0 Å². The summed E-state index contributed by atoms with van der Waals surface area (Å²) in [4.78, 5) is 0. The summed E-state index contributed by atoms with van der Waals surface area (Å²) in [7, 11) is 0. The quantitative estimate of drug-likeness (QED) is 0.684. The van der Waals surface area contributed by atoms with Crippen LogP contribution in [0.1, 0.15) is 35.6 Å². The van der Waals surface area contributed by atoms with E-state index in [4.69, 9.17) is 11.5 Å². The van der Waals surface area contributed by atoms with Crippen LogP contribution in [0, 0.1) is 0 Å². The molecule has 0 spiro atoms. The molecule has 3 rings (SSSR count). The molecule has 1 heterocycles. The molecule has 1 saturated heterocycles. The van der Waals surface area contributed by atoms with Gasteiger partial charge in [0.25, 0.3) is 6.13 Å². The summed E-state index contributed by atoms with van der Waals surface area (Å²) in [6.45, 7) is 0. The van der Waals surface area contributed by atoms with E-state index in [0.29, 0.717) is 11.6 Å². The number of benzene rings is 2. The summed E-state index contributed by atoms with van der Waals surface area (Å²) in [5, 5.41) is 0. The highest BCUT2D eigenvalue weighted by Gasteiger charge is 2.39. The van der Waals surface area contributed by atoms with Gasteiger partial charge in [-0.2, -0.15) is 11.5 Å². The molecule has 2 aromatic carbocycles. The summed E-state index contributed by atoms with van der Waals surface area (Å²) >= 11 is 6.71. The lowest BCUT2D eigenvalue weighted by molar-refractivity contribution is 0.765. The van der Waals surface area contributed by atoms with Gasteiger partial charge in [-0.05, 0) is 11.6 Å². The number of halogens is 1. The minimum Gasteiger partial charge on any atom is -0.194 e. The summed E-state index contributed by atoms with van der Waals surface area (Å²) in [5.41, 5.74) is 2.77. The smallest absolute Gasteiger partial charge is 0.194 e. The second-order valence-corrected chi connectivity index (χ2v) is 5.56. The molecule has 0 nitrogen and oxygen atoms in total. The standard InChI is InChI=1S/C16H16BCl/c18-17-15(13-7-3-1-4-8-13)11-12-16(17)14-9-5-2-6-10-14/h1-10,15-16H,11-12H2/t15-,16-/m1/s1. The van der Waals surface area contributed by atoms with E-state index in [0.717, 1.165) is 0 Å². The van der Waals surface area contributed by atoms with E-state index in [2.05, 4.69) is 60.7 Å². The van der Waals surface area contributed by atoms with Crippen molar-refractivity contribution in [3.05, 3.63) is 71.8 Å². The highest BCUT2D eigenvalue weighted by Crippen LogP contribution is 2.44. The van der Waals surface area contributed by atoms with Crippen molar-refractivity contribution in [1.82, 2.24) is 0 Å². The topological polar surface area (TPSA) is 0 Å². The third kappa shape index (κ3) is 2.20. The molecule has 2 heteroatoms. The van der Waals surface area contributed by atoms with E-state index >= 15 is 0 Å². The zero-order valence-electron chi connectivity index (χ0n) is 10.3. The monoisotopic (exact) mass is 254 g/mol. The number of rotatable bonds is 2. The van der Waals surface area contributed by atoms with E-state index in [9.17, 15) is 0 Å². The lowest BCUT2D eigenvalue weighted by Crippen LogP contribution is -2.18. The first kappa shape index (κ1) is 11.9. The largest absolute Gasteiger partial charge is 0.265 e. The molecule has 0 aromatic heterocycles. The van der Waals surface area contributed by atoms with Crippen molar-refractivity contribution in [3.63, 3.8) is 0 Å². The van der Waals surface area contributed by atoms with E-state index in [1.165, 1.54) is 24.0 Å². The first-order valence-corrected chi connectivity index (χ1v) is 7.04. The fraction of sp³-hybridized carbons (Fsp3) is 0.250. The first-order chi connectivity index (χ1) is 8.86. The van der Waals surface area contributed by atoms with Gasteiger partial charge in [0.05, 0.1) is 0 Å². The molecule has 90 valence electrons. The van der Waals surface area contributed by atoms with Gasteiger partial charge in [0.1, 0.15) is 0 Å². The van der Waals surface area contributed by atoms with Gasteiger partial charge in [0, 0.05) is 0 Å². The van der Waals surface area contributed by atoms with Gasteiger partial charge in [-0.3, -0.25) is 0 Å². The van der Waals surface area contributed by atoms with Crippen molar-refractivity contribution >= 4 is 17.6 Å². The van der Waals surface area contributed by atoms with Crippen LogP contribution < -0.4 is 0 Å². The summed E-state index contributed by atoms with van der Waals surface area (Å²) in [6, 6.07) is 21.4. The average molecular weight is 255 g/mol. The Hall–Kier alpha value is -1.21. The second-order valence-electron chi connectivity index (χ2n) is 5.06. The molecule has 0 amide bonds. The van der Waals surface area contributed by atoms with Crippen molar-refractivity contribution in [1.29, 1.82) is 0 Å². The third-order valence-corrected chi connectivity index (χ3v) is 4.62. The Morgan fingerprint density at radius 2 is 1.11 bits per heavy atom. The van der Waals surface area contributed by atoms with Gasteiger partial charge in [-0.1, -0.05) is 84.6 Å². The van der Waals surface area contributed by atoms with Crippen LogP contribution in [0.3, 0.4) is 0 Å². The Bertz CT molecular complexity index is 450. The molecule has 1 aliphatic rings. The van der Waals surface area contributed by atoms with Gasteiger partial charge < -0.3 is 0 Å². The van der Waals surface area contributed by atoms with Crippen molar-refractivity contribution < 1.29 is 0 Å². The minimum atomic E-state index is 0.217. The fourth-order valence-electron chi connectivity index (χ4n) is 3.06. The molecular weight excluding hydrogens is 238 g/mol.